The van der Waals surface area contributed by atoms with Crippen LogP contribution < -0.4 is 5.32 Å². The molecule has 4 nitrogen and oxygen atoms in total. The summed E-state index contributed by atoms with van der Waals surface area (Å²) in [7, 11) is 0. The van der Waals surface area contributed by atoms with Crippen LogP contribution in [-0.4, -0.2) is 10.9 Å². The highest BCUT2D eigenvalue weighted by Crippen LogP contribution is 2.30. The lowest BCUT2D eigenvalue weighted by Gasteiger charge is -2.06. The van der Waals surface area contributed by atoms with Gasteiger partial charge in [-0.3, -0.25) is 4.79 Å². The molecular formula is C12H10BrClN2O2. The second-order valence-corrected chi connectivity index (χ2v) is 4.90. The highest BCUT2D eigenvalue weighted by atomic mass is 79.9. The van der Waals surface area contributed by atoms with Crippen molar-refractivity contribution in [2.24, 2.45) is 0 Å². The van der Waals surface area contributed by atoms with Crippen molar-refractivity contribution in [2.75, 3.05) is 5.32 Å². The Balaban J connectivity index is 2.27. The van der Waals surface area contributed by atoms with Gasteiger partial charge in [-0.2, -0.15) is 0 Å². The molecule has 0 bridgehead atoms. The molecule has 1 aromatic heterocycles. The van der Waals surface area contributed by atoms with Crippen LogP contribution in [0.3, 0.4) is 0 Å². The van der Waals surface area contributed by atoms with Crippen LogP contribution in [0.25, 0.3) is 0 Å². The first-order valence-electron chi connectivity index (χ1n) is 5.18. The average molecular weight is 330 g/mol. The number of anilines is 1. The number of hydrogen-bond acceptors (Lipinski definition) is 3. The SMILES string of the molecule is Cc1nc(C)c(C(=O)Nc2cccc(Cl)c2Br)o1. The van der Waals surface area contributed by atoms with Crippen LogP contribution in [0.5, 0.6) is 0 Å². The maximum Gasteiger partial charge on any atom is 0.293 e. The van der Waals surface area contributed by atoms with E-state index in [-0.39, 0.29) is 11.7 Å². The molecule has 1 amide bonds. The van der Waals surface area contributed by atoms with Crippen molar-refractivity contribution in [3.63, 3.8) is 0 Å². The Labute approximate surface area is 117 Å². The molecular weight excluding hydrogens is 320 g/mol. The molecule has 18 heavy (non-hydrogen) atoms. The summed E-state index contributed by atoms with van der Waals surface area (Å²) in [5.74, 6) is 0.318. The molecule has 1 N–H and O–H groups in total. The molecule has 0 atom stereocenters. The average Bonchev–Trinajstić information content (AvgIpc) is 2.64. The summed E-state index contributed by atoms with van der Waals surface area (Å²) in [4.78, 5) is 16.1. The molecule has 94 valence electrons. The van der Waals surface area contributed by atoms with Crippen LogP contribution in [0.1, 0.15) is 22.1 Å². The Morgan fingerprint density at radius 3 is 2.78 bits per heavy atom. The number of hydrogen-bond donors (Lipinski definition) is 1. The van der Waals surface area contributed by atoms with E-state index in [1.807, 2.05) is 0 Å². The smallest absolute Gasteiger partial charge is 0.293 e. The highest BCUT2D eigenvalue weighted by Gasteiger charge is 2.17. The van der Waals surface area contributed by atoms with E-state index in [0.29, 0.717) is 26.8 Å². The van der Waals surface area contributed by atoms with Crippen molar-refractivity contribution in [1.82, 2.24) is 4.98 Å². The molecule has 0 radical (unpaired) electrons. The van der Waals surface area contributed by atoms with Gasteiger partial charge in [-0.15, -0.1) is 0 Å². The number of aromatic nitrogens is 1. The predicted octanol–water partition coefficient (Wildman–Crippen LogP) is 3.96. The topological polar surface area (TPSA) is 55.1 Å². The molecule has 0 fully saturated rings. The molecule has 0 unspecified atom stereocenters. The molecule has 0 saturated carbocycles. The van der Waals surface area contributed by atoms with Gasteiger partial charge in [0.1, 0.15) is 0 Å². The normalized spacial score (nSPS) is 10.4. The largest absolute Gasteiger partial charge is 0.436 e. The third kappa shape index (κ3) is 2.57. The van der Waals surface area contributed by atoms with E-state index in [9.17, 15) is 4.79 Å². The van der Waals surface area contributed by atoms with Crippen LogP contribution in [-0.2, 0) is 0 Å². The first-order valence-corrected chi connectivity index (χ1v) is 6.35. The van der Waals surface area contributed by atoms with Gasteiger partial charge in [0, 0.05) is 6.92 Å². The highest BCUT2D eigenvalue weighted by molar-refractivity contribution is 9.10. The van der Waals surface area contributed by atoms with Crippen LogP contribution in [0.15, 0.2) is 27.1 Å². The Hall–Kier alpha value is -1.33. The van der Waals surface area contributed by atoms with E-state index < -0.39 is 0 Å². The van der Waals surface area contributed by atoms with Gasteiger partial charge in [-0.25, -0.2) is 4.98 Å². The summed E-state index contributed by atoms with van der Waals surface area (Å²) < 4.78 is 5.88. The third-order valence-corrected chi connectivity index (χ3v) is 3.71. The monoisotopic (exact) mass is 328 g/mol. The van der Waals surface area contributed by atoms with E-state index in [1.165, 1.54) is 0 Å². The summed E-state index contributed by atoms with van der Waals surface area (Å²) in [5, 5.41) is 3.24. The Morgan fingerprint density at radius 2 is 2.17 bits per heavy atom. The molecule has 0 aliphatic carbocycles. The first-order chi connectivity index (χ1) is 8.49. The maximum atomic E-state index is 12.0. The molecule has 0 aliphatic rings. The van der Waals surface area contributed by atoms with Gasteiger partial charge < -0.3 is 9.73 Å². The molecule has 6 heteroatoms. The first kappa shape index (κ1) is 13.1. The van der Waals surface area contributed by atoms with Crippen molar-refractivity contribution in [3.8, 4) is 0 Å². The van der Waals surface area contributed by atoms with Crippen molar-refractivity contribution >= 4 is 39.1 Å². The lowest BCUT2D eigenvalue weighted by atomic mass is 10.3. The van der Waals surface area contributed by atoms with Crippen molar-refractivity contribution < 1.29 is 9.21 Å². The second kappa shape index (κ2) is 5.12. The summed E-state index contributed by atoms with van der Waals surface area (Å²) in [6.45, 7) is 3.41. The molecule has 0 aliphatic heterocycles. The second-order valence-electron chi connectivity index (χ2n) is 3.70. The van der Waals surface area contributed by atoms with E-state index in [2.05, 4.69) is 26.2 Å². The quantitative estimate of drug-likeness (QED) is 0.907. The van der Waals surface area contributed by atoms with Crippen molar-refractivity contribution in [3.05, 3.63) is 45.0 Å². The van der Waals surface area contributed by atoms with Gasteiger partial charge in [0.05, 0.1) is 20.9 Å². The number of halogens is 2. The van der Waals surface area contributed by atoms with E-state index in [0.717, 1.165) is 0 Å². The molecule has 0 saturated heterocycles. The van der Waals surface area contributed by atoms with Gasteiger partial charge >= 0.3 is 0 Å². The minimum absolute atomic E-state index is 0.208. The molecule has 0 spiro atoms. The summed E-state index contributed by atoms with van der Waals surface area (Å²) in [6.07, 6.45) is 0. The van der Waals surface area contributed by atoms with Crippen LogP contribution >= 0.6 is 27.5 Å². The number of benzene rings is 1. The van der Waals surface area contributed by atoms with E-state index >= 15 is 0 Å². The lowest BCUT2D eigenvalue weighted by Crippen LogP contribution is -2.12. The number of oxazole rings is 1. The van der Waals surface area contributed by atoms with Gasteiger partial charge in [0.25, 0.3) is 5.91 Å². The number of nitrogens with one attached hydrogen (secondary N) is 1. The summed E-state index contributed by atoms with van der Waals surface area (Å²) in [5.41, 5.74) is 1.14. The number of carbonyl (C=O) groups excluding carboxylic acids is 1. The zero-order valence-corrected chi connectivity index (χ0v) is 12.1. The Kier molecular flexibility index (Phi) is 3.73. The summed E-state index contributed by atoms with van der Waals surface area (Å²) >= 11 is 9.26. The predicted molar refractivity (Wildman–Crippen MR) is 73.1 cm³/mol. The fourth-order valence-corrected chi connectivity index (χ4v) is 2.06. The molecule has 1 aromatic carbocycles. The van der Waals surface area contributed by atoms with E-state index in [4.69, 9.17) is 16.0 Å². The van der Waals surface area contributed by atoms with Crippen molar-refractivity contribution in [2.45, 2.75) is 13.8 Å². The minimum atomic E-state index is -0.351. The van der Waals surface area contributed by atoms with Crippen molar-refractivity contribution in [1.29, 1.82) is 0 Å². The van der Waals surface area contributed by atoms with Crippen LogP contribution in [0, 0.1) is 13.8 Å². The number of amides is 1. The zero-order chi connectivity index (χ0) is 13.3. The number of aryl methyl sites for hydroxylation is 2. The number of rotatable bonds is 2. The third-order valence-electron chi connectivity index (χ3n) is 2.31. The molecule has 2 rings (SSSR count). The maximum absolute atomic E-state index is 12.0. The van der Waals surface area contributed by atoms with Crippen LogP contribution in [0.2, 0.25) is 5.02 Å². The zero-order valence-electron chi connectivity index (χ0n) is 9.75. The fourth-order valence-electron chi connectivity index (χ4n) is 1.52. The number of carbonyl (C=O) groups is 1. The van der Waals surface area contributed by atoms with Gasteiger partial charge in [0.15, 0.2) is 5.89 Å². The van der Waals surface area contributed by atoms with Gasteiger partial charge in [-0.05, 0) is 35.0 Å². The van der Waals surface area contributed by atoms with Gasteiger partial charge in [0.2, 0.25) is 5.76 Å². The van der Waals surface area contributed by atoms with Crippen LogP contribution in [0.4, 0.5) is 5.69 Å². The summed E-state index contributed by atoms with van der Waals surface area (Å²) in [6, 6.07) is 5.22. The van der Waals surface area contributed by atoms with E-state index in [1.54, 1.807) is 32.0 Å². The number of nitrogens with zero attached hydrogens (tertiary/aromatic N) is 1. The van der Waals surface area contributed by atoms with Gasteiger partial charge in [-0.1, -0.05) is 17.7 Å². The Bertz CT molecular complexity index is 610. The molecule has 1 heterocycles. The fraction of sp³-hybridized carbons (Fsp3) is 0.167. The standard InChI is InChI=1S/C12H10BrClN2O2/c1-6-11(18-7(2)15-6)12(17)16-9-5-3-4-8(14)10(9)13/h3-5H,1-2H3,(H,16,17). The lowest BCUT2D eigenvalue weighted by molar-refractivity contribution is 0.0994. The molecule has 2 aromatic rings. The Morgan fingerprint density at radius 1 is 1.44 bits per heavy atom. The minimum Gasteiger partial charge on any atom is -0.436 e.